The Labute approximate surface area is 123 Å². The number of aliphatic hydroxyl groups excluding tert-OH is 1. The molecule has 1 aromatic carbocycles. The van der Waals surface area contributed by atoms with Gasteiger partial charge in [0.15, 0.2) is 0 Å². The summed E-state index contributed by atoms with van der Waals surface area (Å²) in [6, 6.07) is 7.01. The van der Waals surface area contributed by atoms with E-state index in [0.29, 0.717) is 6.42 Å². The lowest BCUT2D eigenvalue weighted by atomic mass is 9.99. The van der Waals surface area contributed by atoms with Crippen molar-refractivity contribution in [3.8, 4) is 5.75 Å². The first kappa shape index (κ1) is 16.1. The van der Waals surface area contributed by atoms with Gasteiger partial charge in [0.05, 0.1) is 0 Å². The number of alkyl halides is 2. The van der Waals surface area contributed by atoms with Gasteiger partial charge in [0.1, 0.15) is 5.75 Å². The molecule has 0 aliphatic carbocycles. The topological polar surface area (TPSA) is 44.7 Å². The van der Waals surface area contributed by atoms with E-state index < -0.39 is 6.61 Å². The molecule has 1 saturated heterocycles. The van der Waals surface area contributed by atoms with Crippen LogP contribution in [0.25, 0.3) is 0 Å². The second-order valence-electron chi connectivity index (χ2n) is 5.12. The molecule has 0 spiro atoms. The summed E-state index contributed by atoms with van der Waals surface area (Å²) in [5.41, 5.74) is 0.962. The van der Waals surface area contributed by atoms with Crippen LogP contribution in [0, 0.1) is 0 Å². The highest BCUT2D eigenvalue weighted by Gasteiger charge is 2.22. The summed E-state index contributed by atoms with van der Waals surface area (Å²) in [6.45, 7) is 0.989. The van der Waals surface area contributed by atoms with Gasteiger partial charge in [-0.3, -0.25) is 4.90 Å². The van der Waals surface area contributed by atoms with Crippen molar-refractivity contribution in [1.29, 1.82) is 0 Å². The Bertz CT molecular complexity index is 426. The average Bonchev–Trinajstić information content (AvgIpc) is 2.48. The molecule has 118 valence electrons. The van der Waals surface area contributed by atoms with Crippen molar-refractivity contribution in [3.63, 3.8) is 0 Å². The SMILES string of the molecule is OCCC[C@@H](c1cccc(OC(F)F)c1)N1CCNCC1. The zero-order chi connectivity index (χ0) is 15.1. The highest BCUT2D eigenvalue weighted by atomic mass is 19.3. The molecule has 1 aromatic rings. The van der Waals surface area contributed by atoms with Gasteiger partial charge in [-0.2, -0.15) is 8.78 Å². The van der Waals surface area contributed by atoms with Gasteiger partial charge in [-0.05, 0) is 30.5 Å². The fraction of sp³-hybridized carbons (Fsp3) is 0.600. The summed E-state index contributed by atoms with van der Waals surface area (Å²) < 4.78 is 29.2. The number of aliphatic hydroxyl groups is 1. The van der Waals surface area contributed by atoms with Gasteiger partial charge in [-0.25, -0.2) is 0 Å². The van der Waals surface area contributed by atoms with Crippen molar-refractivity contribution in [2.45, 2.75) is 25.5 Å². The quantitative estimate of drug-likeness (QED) is 0.808. The summed E-state index contributed by atoms with van der Waals surface area (Å²) >= 11 is 0. The van der Waals surface area contributed by atoms with Gasteiger partial charge >= 0.3 is 6.61 Å². The third kappa shape index (κ3) is 4.91. The van der Waals surface area contributed by atoms with Gasteiger partial charge < -0.3 is 15.2 Å². The van der Waals surface area contributed by atoms with Crippen molar-refractivity contribution in [1.82, 2.24) is 10.2 Å². The van der Waals surface area contributed by atoms with E-state index in [-0.39, 0.29) is 18.4 Å². The number of hydrogen-bond donors (Lipinski definition) is 2. The number of ether oxygens (including phenoxy) is 1. The Hall–Kier alpha value is -1.24. The van der Waals surface area contributed by atoms with Crippen molar-refractivity contribution in [3.05, 3.63) is 29.8 Å². The highest BCUT2D eigenvalue weighted by Crippen LogP contribution is 2.29. The van der Waals surface area contributed by atoms with E-state index in [4.69, 9.17) is 5.11 Å². The van der Waals surface area contributed by atoms with Crippen LogP contribution >= 0.6 is 0 Å². The molecule has 4 nitrogen and oxygen atoms in total. The molecule has 0 amide bonds. The summed E-state index contributed by atoms with van der Waals surface area (Å²) in [7, 11) is 0. The fourth-order valence-corrected chi connectivity index (χ4v) is 2.74. The van der Waals surface area contributed by atoms with Gasteiger partial charge in [-0.1, -0.05) is 12.1 Å². The second-order valence-corrected chi connectivity index (χ2v) is 5.12. The molecule has 0 aromatic heterocycles. The minimum Gasteiger partial charge on any atom is -0.435 e. The second kappa shape index (κ2) is 8.26. The highest BCUT2D eigenvalue weighted by molar-refractivity contribution is 5.30. The molecular weight excluding hydrogens is 278 g/mol. The van der Waals surface area contributed by atoms with Crippen LogP contribution in [0.3, 0.4) is 0 Å². The largest absolute Gasteiger partial charge is 0.435 e. The predicted molar refractivity (Wildman–Crippen MR) is 76.6 cm³/mol. The molecule has 1 heterocycles. The van der Waals surface area contributed by atoms with E-state index in [0.717, 1.165) is 38.2 Å². The Kier molecular flexibility index (Phi) is 6.35. The number of benzene rings is 1. The maximum atomic E-state index is 12.3. The van der Waals surface area contributed by atoms with Crippen molar-refractivity contribution in [2.24, 2.45) is 0 Å². The molecule has 1 fully saturated rings. The van der Waals surface area contributed by atoms with E-state index in [1.807, 2.05) is 6.07 Å². The molecule has 0 bridgehead atoms. The normalized spacial score (nSPS) is 17.9. The lowest BCUT2D eigenvalue weighted by molar-refractivity contribution is -0.0499. The predicted octanol–water partition coefficient (Wildman–Crippen LogP) is 2.01. The average molecular weight is 300 g/mol. The zero-order valence-electron chi connectivity index (χ0n) is 12.0. The summed E-state index contributed by atoms with van der Waals surface area (Å²) in [4.78, 5) is 2.33. The maximum Gasteiger partial charge on any atom is 0.387 e. The number of nitrogens with one attached hydrogen (secondary N) is 1. The molecule has 0 radical (unpaired) electrons. The molecule has 6 heteroatoms. The van der Waals surface area contributed by atoms with Crippen LogP contribution in [0.15, 0.2) is 24.3 Å². The molecular formula is C15H22F2N2O2. The van der Waals surface area contributed by atoms with Crippen molar-refractivity contribution < 1.29 is 18.6 Å². The van der Waals surface area contributed by atoms with E-state index in [1.54, 1.807) is 12.1 Å². The summed E-state index contributed by atoms with van der Waals surface area (Å²) in [5.74, 6) is 0.187. The molecule has 2 rings (SSSR count). The molecule has 1 atom stereocenters. The third-order valence-corrected chi connectivity index (χ3v) is 3.70. The van der Waals surface area contributed by atoms with Gasteiger partial charge in [0, 0.05) is 38.8 Å². The maximum absolute atomic E-state index is 12.3. The number of halogens is 2. The molecule has 0 unspecified atom stereocenters. The first-order valence-electron chi connectivity index (χ1n) is 7.31. The van der Waals surface area contributed by atoms with E-state index >= 15 is 0 Å². The Morgan fingerprint density at radius 1 is 1.29 bits per heavy atom. The lowest BCUT2D eigenvalue weighted by Crippen LogP contribution is -2.45. The Morgan fingerprint density at radius 2 is 2.05 bits per heavy atom. The van der Waals surface area contributed by atoms with E-state index in [1.165, 1.54) is 6.07 Å². The molecule has 2 N–H and O–H groups in total. The number of hydrogen-bond acceptors (Lipinski definition) is 4. The minimum atomic E-state index is -2.81. The summed E-state index contributed by atoms with van der Waals surface area (Å²) in [6.07, 6.45) is 1.49. The van der Waals surface area contributed by atoms with Gasteiger partial charge in [0.2, 0.25) is 0 Å². The number of piperazine rings is 1. The smallest absolute Gasteiger partial charge is 0.387 e. The first-order chi connectivity index (χ1) is 10.2. The van der Waals surface area contributed by atoms with Crippen LogP contribution in [0.2, 0.25) is 0 Å². The Morgan fingerprint density at radius 3 is 2.71 bits per heavy atom. The monoisotopic (exact) mass is 300 g/mol. The van der Waals surface area contributed by atoms with Crippen LogP contribution < -0.4 is 10.1 Å². The number of nitrogens with zero attached hydrogens (tertiary/aromatic N) is 1. The number of rotatable bonds is 7. The minimum absolute atomic E-state index is 0.125. The van der Waals surface area contributed by atoms with Gasteiger partial charge in [0.25, 0.3) is 0 Å². The van der Waals surface area contributed by atoms with Gasteiger partial charge in [-0.15, -0.1) is 0 Å². The van der Waals surface area contributed by atoms with E-state index in [2.05, 4.69) is 15.0 Å². The van der Waals surface area contributed by atoms with Crippen molar-refractivity contribution >= 4 is 0 Å². The third-order valence-electron chi connectivity index (χ3n) is 3.70. The van der Waals surface area contributed by atoms with Crippen molar-refractivity contribution in [2.75, 3.05) is 32.8 Å². The molecule has 1 aliphatic heterocycles. The fourth-order valence-electron chi connectivity index (χ4n) is 2.74. The molecule has 0 saturated carbocycles. The Balaban J connectivity index is 2.14. The van der Waals surface area contributed by atoms with Crippen LogP contribution in [0.5, 0.6) is 5.75 Å². The first-order valence-corrected chi connectivity index (χ1v) is 7.31. The van der Waals surface area contributed by atoms with Crippen LogP contribution in [0.1, 0.15) is 24.4 Å². The van der Waals surface area contributed by atoms with Crippen LogP contribution in [0.4, 0.5) is 8.78 Å². The van der Waals surface area contributed by atoms with Crippen LogP contribution in [-0.2, 0) is 0 Å². The summed E-state index contributed by atoms with van der Waals surface area (Å²) in [5, 5.41) is 12.4. The lowest BCUT2D eigenvalue weighted by Gasteiger charge is -2.35. The zero-order valence-corrected chi connectivity index (χ0v) is 12.0. The van der Waals surface area contributed by atoms with E-state index in [9.17, 15) is 8.78 Å². The standard InChI is InChI=1S/C15H22F2N2O2/c16-15(17)21-13-4-1-3-12(11-13)14(5-2-10-20)19-8-6-18-7-9-19/h1,3-4,11,14-15,18,20H,2,5-10H2/t14-/m0/s1. The molecule has 21 heavy (non-hydrogen) atoms. The molecule has 1 aliphatic rings. The van der Waals surface area contributed by atoms with Crippen LogP contribution in [-0.4, -0.2) is 49.4 Å².